The molecule has 7 heteroatoms. The van der Waals surface area contributed by atoms with Crippen LogP contribution in [0.3, 0.4) is 0 Å². The van der Waals surface area contributed by atoms with Crippen LogP contribution in [0, 0.1) is 12.8 Å². The molecule has 4 nitrogen and oxygen atoms in total. The van der Waals surface area contributed by atoms with Gasteiger partial charge in [-0.3, -0.25) is 4.90 Å². The molecule has 0 unspecified atom stereocenters. The zero-order valence-electron chi connectivity index (χ0n) is 19.2. The van der Waals surface area contributed by atoms with Crippen LogP contribution in [0.2, 0.25) is 0 Å². The molecule has 2 heterocycles. The van der Waals surface area contributed by atoms with Gasteiger partial charge in [0.1, 0.15) is 0 Å². The summed E-state index contributed by atoms with van der Waals surface area (Å²) in [5.74, 6) is -0.347. The number of aromatic amines is 1. The molecular weight excluding hydrogens is 441 g/mol. The number of halogens is 3. The first-order valence-corrected chi connectivity index (χ1v) is 11.9. The number of benzene rings is 2. The Balaban J connectivity index is 1.49. The number of aromatic nitrogens is 1. The number of rotatable bonds is 6. The number of nitrogens with one attached hydrogen (secondary N) is 1. The van der Waals surface area contributed by atoms with E-state index < -0.39 is 18.7 Å². The van der Waals surface area contributed by atoms with Crippen molar-refractivity contribution < 1.29 is 23.1 Å². The molecule has 1 saturated carbocycles. The van der Waals surface area contributed by atoms with Gasteiger partial charge >= 0.3 is 12.1 Å². The fourth-order valence-electron chi connectivity index (χ4n) is 5.70. The van der Waals surface area contributed by atoms with Gasteiger partial charge in [-0.2, -0.15) is 13.2 Å². The average Bonchev–Trinajstić information content (AvgIpc) is 3.51. The summed E-state index contributed by atoms with van der Waals surface area (Å²) in [7, 11) is 0. The van der Waals surface area contributed by atoms with E-state index in [-0.39, 0.29) is 17.4 Å². The number of H-pyrrole nitrogens is 1. The summed E-state index contributed by atoms with van der Waals surface area (Å²) in [6.45, 7) is 1.94. The van der Waals surface area contributed by atoms with E-state index in [1.807, 2.05) is 6.20 Å². The molecule has 1 aliphatic carbocycles. The number of fused-ring (bicyclic) bond motifs is 1. The van der Waals surface area contributed by atoms with Crippen molar-refractivity contribution in [1.29, 1.82) is 0 Å². The highest BCUT2D eigenvalue weighted by atomic mass is 19.4. The maximum atomic E-state index is 13.2. The summed E-state index contributed by atoms with van der Waals surface area (Å²) < 4.78 is 39.5. The van der Waals surface area contributed by atoms with E-state index in [1.165, 1.54) is 39.8 Å². The number of aromatic carboxylic acids is 1. The highest BCUT2D eigenvalue weighted by Gasteiger charge is 2.38. The highest BCUT2D eigenvalue weighted by molar-refractivity contribution is 5.88. The number of carboxylic acid groups (broad SMARTS) is 1. The van der Waals surface area contributed by atoms with Crippen LogP contribution in [0.4, 0.5) is 13.2 Å². The number of aryl methyl sites for hydroxylation is 1. The molecule has 1 aromatic heterocycles. The van der Waals surface area contributed by atoms with Gasteiger partial charge in [-0.05, 0) is 97.4 Å². The van der Waals surface area contributed by atoms with Crippen LogP contribution in [-0.2, 0) is 6.42 Å². The molecule has 1 aliphatic heterocycles. The summed E-state index contributed by atoms with van der Waals surface area (Å²) in [4.78, 5) is 16.2. The monoisotopic (exact) mass is 470 g/mol. The fraction of sp³-hybridized carbons (Fsp3) is 0.444. The summed E-state index contributed by atoms with van der Waals surface area (Å²) in [5, 5.41) is 10.5. The summed E-state index contributed by atoms with van der Waals surface area (Å²) in [6.07, 6.45) is 1.58. The molecule has 2 atom stereocenters. The molecular formula is C27H29F3N2O2. The second kappa shape index (κ2) is 8.77. The van der Waals surface area contributed by atoms with E-state index in [1.54, 1.807) is 24.3 Å². The first-order chi connectivity index (χ1) is 16.2. The lowest BCUT2D eigenvalue weighted by Crippen LogP contribution is -2.44. The minimum atomic E-state index is -4.24. The quantitative estimate of drug-likeness (QED) is 0.447. The Kier molecular flexibility index (Phi) is 5.92. The standard InChI is InChI=1S/C27H29F3N2O2/c1-16-12-22(17-2-3-17)23(21-8-10-31-25(16)21)13-20-9-11-32(15-27(28,29)30)14-24(20)18-4-6-19(7-5-18)26(33)34/h4-8,10,12,17,20,24,31H,2-3,9,11,13-15H2,1H3,(H,33,34)/t20-,24-/m0/s1. The molecule has 0 amide bonds. The predicted molar refractivity (Wildman–Crippen MR) is 125 cm³/mol. The first kappa shape index (κ1) is 23.0. The second-order valence-corrected chi connectivity index (χ2v) is 9.94. The number of piperidine rings is 1. The number of likely N-dealkylation sites (tertiary alicyclic amines) is 1. The number of hydrogen-bond acceptors (Lipinski definition) is 2. The third-order valence-corrected chi connectivity index (χ3v) is 7.50. The Labute approximate surface area is 196 Å². The van der Waals surface area contributed by atoms with Crippen LogP contribution < -0.4 is 0 Å². The van der Waals surface area contributed by atoms with Gasteiger partial charge in [0.2, 0.25) is 0 Å². The van der Waals surface area contributed by atoms with Crippen molar-refractivity contribution in [3.05, 3.63) is 70.4 Å². The Hall–Kier alpha value is -2.80. The van der Waals surface area contributed by atoms with E-state index in [2.05, 4.69) is 24.0 Å². The Morgan fingerprint density at radius 3 is 2.53 bits per heavy atom. The minimum Gasteiger partial charge on any atom is -0.478 e. The number of hydrogen-bond donors (Lipinski definition) is 2. The largest absolute Gasteiger partial charge is 0.478 e. The molecule has 0 bridgehead atoms. The van der Waals surface area contributed by atoms with Gasteiger partial charge in [-0.15, -0.1) is 0 Å². The molecule has 180 valence electrons. The zero-order valence-corrected chi connectivity index (χ0v) is 19.2. The van der Waals surface area contributed by atoms with Crippen LogP contribution in [0.25, 0.3) is 10.9 Å². The van der Waals surface area contributed by atoms with Crippen molar-refractivity contribution in [3.63, 3.8) is 0 Å². The van der Waals surface area contributed by atoms with E-state index in [0.717, 1.165) is 17.5 Å². The van der Waals surface area contributed by atoms with E-state index >= 15 is 0 Å². The van der Waals surface area contributed by atoms with Gasteiger partial charge in [0, 0.05) is 23.6 Å². The third-order valence-electron chi connectivity index (χ3n) is 7.50. The number of carbonyl (C=O) groups is 1. The average molecular weight is 471 g/mol. The predicted octanol–water partition coefficient (Wildman–Crippen LogP) is 6.26. The van der Waals surface area contributed by atoms with E-state index in [4.69, 9.17) is 0 Å². The van der Waals surface area contributed by atoms with Crippen LogP contribution in [0.5, 0.6) is 0 Å². The lowest BCUT2D eigenvalue weighted by atomic mass is 9.75. The van der Waals surface area contributed by atoms with Crippen molar-refractivity contribution in [2.75, 3.05) is 19.6 Å². The molecule has 2 fully saturated rings. The van der Waals surface area contributed by atoms with Gasteiger partial charge in [0.15, 0.2) is 0 Å². The smallest absolute Gasteiger partial charge is 0.401 e. The fourth-order valence-corrected chi connectivity index (χ4v) is 5.70. The summed E-state index contributed by atoms with van der Waals surface area (Å²) >= 11 is 0. The summed E-state index contributed by atoms with van der Waals surface area (Å²) in [6, 6.07) is 11.1. The molecule has 0 radical (unpaired) electrons. The maximum absolute atomic E-state index is 13.2. The molecule has 34 heavy (non-hydrogen) atoms. The molecule has 2 aliphatic rings. The van der Waals surface area contributed by atoms with Gasteiger partial charge in [-0.1, -0.05) is 18.2 Å². The Bertz CT molecular complexity index is 1200. The molecule has 5 rings (SSSR count). The molecule has 2 N–H and O–H groups in total. The molecule has 1 saturated heterocycles. The summed E-state index contributed by atoms with van der Waals surface area (Å²) in [5.41, 5.74) is 6.18. The van der Waals surface area contributed by atoms with Crippen molar-refractivity contribution in [2.45, 2.75) is 50.6 Å². The van der Waals surface area contributed by atoms with Crippen LogP contribution in [0.1, 0.15) is 63.7 Å². The van der Waals surface area contributed by atoms with Crippen LogP contribution in [-0.4, -0.2) is 46.8 Å². The van der Waals surface area contributed by atoms with E-state index in [0.29, 0.717) is 25.4 Å². The van der Waals surface area contributed by atoms with Gasteiger partial charge in [-0.25, -0.2) is 4.79 Å². The van der Waals surface area contributed by atoms with Gasteiger partial charge < -0.3 is 10.1 Å². The number of carboxylic acids is 1. The lowest BCUT2D eigenvalue weighted by Gasteiger charge is -2.39. The molecule has 2 aromatic carbocycles. The van der Waals surface area contributed by atoms with E-state index in [9.17, 15) is 23.1 Å². The van der Waals surface area contributed by atoms with Crippen LogP contribution in [0.15, 0.2) is 42.6 Å². The third kappa shape index (κ3) is 4.71. The Morgan fingerprint density at radius 2 is 1.88 bits per heavy atom. The number of nitrogens with zero attached hydrogens (tertiary/aromatic N) is 1. The zero-order chi connectivity index (χ0) is 24.0. The number of alkyl halides is 3. The van der Waals surface area contributed by atoms with Crippen molar-refractivity contribution in [2.24, 2.45) is 5.92 Å². The van der Waals surface area contributed by atoms with Gasteiger partial charge in [0.25, 0.3) is 0 Å². The van der Waals surface area contributed by atoms with Crippen molar-refractivity contribution in [3.8, 4) is 0 Å². The normalized spacial score (nSPS) is 21.8. The topological polar surface area (TPSA) is 56.3 Å². The van der Waals surface area contributed by atoms with Crippen LogP contribution >= 0.6 is 0 Å². The molecule has 0 spiro atoms. The van der Waals surface area contributed by atoms with Crippen molar-refractivity contribution in [1.82, 2.24) is 9.88 Å². The minimum absolute atomic E-state index is 0.0960. The molecule has 3 aromatic rings. The first-order valence-electron chi connectivity index (χ1n) is 11.9. The Morgan fingerprint density at radius 1 is 1.15 bits per heavy atom. The second-order valence-electron chi connectivity index (χ2n) is 9.94. The van der Waals surface area contributed by atoms with Gasteiger partial charge in [0.05, 0.1) is 12.1 Å². The highest BCUT2D eigenvalue weighted by Crippen LogP contribution is 2.46. The SMILES string of the molecule is Cc1cc(C2CC2)c(C[C@@H]2CCN(CC(F)(F)F)C[C@H]2c2ccc(C(=O)O)cc2)c2cc[nH]c12. The maximum Gasteiger partial charge on any atom is 0.401 e. The lowest BCUT2D eigenvalue weighted by molar-refractivity contribution is -0.149. The van der Waals surface area contributed by atoms with Crippen molar-refractivity contribution >= 4 is 16.9 Å².